The minimum absolute atomic E-state index is 0.380. The van der Waals surface area contributed by atoms with Crippen LogP contribution < -0.4 is 5.73 Å². The van der Waals surface area contributed by atoms with Gasteiger partial charge in [-0.05, 0) is 37.4 Å². The average molecular weight is 260 g/mol. The van der Waals surface area contributed by atoms with E-state index < -0.39 is 5.97 Å². The highest BCUT2D eigenvalue weighted by Crippen LogP contribution is 2.26. The molecule has 2 rings (SSSR count). The lowest BCUT2D eigenvalue weighted by molar-refractivity contribution is 0.0698. The Balaban J connectivity index is 2.60. The van der Waals surface area contributed by atoms with Crippen LogP contribution in [0.3, 0.4) is 0 Å². The molecule has 2 aromatic rings. The average Bonchev–Trinajstić information content (AvgIpc) is 2.75. The van der Waals surface area contributed by atoms with Crippen molar-refractivity contribution in [1.82, 2.24) is 4.57 Å². The Morgan fingerprint density at radius 1 is 1.42 bits per heavy atom. The lowest BCUT2D eigenvalue weighted by atomic mass is 10.1. The van der Waals surface area contributed by atoms with E-state index >= 15 is 0 Å². The molecule has 4 heteroatoms. The number of rotatable bonds is 6. The molecule has 0 radical (unpaired) electrons. The van der Waals surface area contributed by atoms with Gasteiger partial charge in [-0.1, -0.05) is 19.1 Å². The molecule has 0 spiro atoms. The predicted octanol–water partition coefficient (Wildman–Crippen LogP) is 2.64. The summed E-state index contributed by atoms with van der Waals surface area (Å²) in [6.07, 6.45) is 4.87. The number of carboxylic acids is 1. The standard InChI is InChI=1S/C15H20N2O2/c1-2-9-17-10-11(5-4-8-16)12-6-3-7-13(14(12)17)15(18)19/h3,6-7,10H,2,4-5,8-9,16H2,1H3,(H,18,19). The summed E-state index contributed by atoms with van der Waals surface area (Å²) in [5.74, 6) is -0.869. The molecule has 0 aliphatic heterocycles. The number of carbonyl (C=O) groups is 1. The lowest BCUT2D eigenvalue weighted by Crippen LogP contribution is -2.02. The molecular weight excluding hydrogens is 240 g/mol. The van der Waals surface area contributed by atoms with Crippen LogP contribution in [0.5, 0.6) is 0 Å². The molecule has 0 saturated carbocycles. The molecule has 0 atom stereocenters. The first kappa shape index (κ1) is 13.6. The van der Waals surface area contributed by atoms with Crippen LogP contribution in [0.1, 0.15) is 35.7 Å². The maximum atomic E-state index is 11.4. The molecule has 1 aromatic carbocycles. The number of para-hydroxylation sites is 1. The van der Waals surface area contributed by atoms with Crippen molar-refractivity contribution in [2.45, 2.75) is 32.7 Å². The Labute approximate surface area is 112 Å². The number of nitrogens with two attached hydrogens (primary N) is 1. The molecule has 3 N–H and O–H groups in total. The van der Waals surface area contributed by atoms with E-state index in [0.29, 0.717) is 12.1 Å². The molecule has 102 valence electrons. The number of fused-ring (bicyclic) bond motifs is 1. The molecule has 0 aliphatic carbocycles. The molecule has 0 bridgehead atoms. The van der Waals surface area contributed by atoms with Crippen molar-refractivity contribution < 1.29 is 9.90 Å². The first-order valence-corrected chi connectivity index (χ1v) is 6.73. The van der Waals surface area contributed by atoms with E-state index in [4.69, 9.17) is 5.73 Å². The van der Waals surface area contributed by atoms with Gasteiger partial charge in [0, 0.05) is 18.1 Å². The van der Waals surface area contributed by atoms with E-state index in [1.165, 1.54) is 5.56 Å². The molecule has 0 amide bonds. The largest absolute Gasteiger partial charge is 0.478 e. The van der Waals surface area contributed by atoms with E-state index in [2.05, 4.69) is 17.7 Å². The maximum absolute atomic E-state index is 11.4. The van der Waals surface area contributed by atoms with Gasteiger partial charge in [-0.2, -0.15) is 0 Å². The second-order valence-electron chi connectivity index (χ2n) is 4.75. The first-order chi connectivity index (χ1) is 9.19. The summed E-state index contributed by atoms with van der Waals surface area (Å²) in [6, 6.07) is 5.48. The summed E-state index contributed by atoms with van der Waals surface area (Å²) in [6.45, 7) is 3.58. The highest BCUT2D eigenvalue weighted by molar-refractivity contribution is 6.03. The van der Waals surface area contributed by atoms with Gasteiger partial charge in [0.15, 0.2) is 0 Å². The fraction of sp³-hybridized carbons (Fsp3) is 0.400. The molecule has 0 aliphatic rings. The minimum Gasteiger partial charge on any atom is -0.478 e. The Kier molecular flexibility index (Phi) is 4.22. The van der Waals surface area contributed by atoms with E-state index in [0.717, 1.165) is 36.7 Å². The zero-order valence-corrected chi connectivity index (χ0v) is 11.2. The van der Waals surface area contributed by atoms with Crippen LogP contribution in [0.15, 0.2) is 24.4 Å². The van der Waals surface area contributed by atoms with Crippen LogP contribution in [0.2, 0.25) is 0 Å². The van der Waals surface area contributed by atoms with Gasteiger partial charge in [0.2, 0.25) is 0 Å². The number of carboxylic acid groups (broad SMARTS) is 1. The maximum Gasteiger partial charge on any atom is 0.337 e. The van der Waals surface area contributed by atoms with Crippen molar-refractivity contribution in [2.24, 2.45) is 5.73 Å². The third kappa shape index (κ3) is 2.63. The molecule has 0 unspecified atom stereocenters. The fourth-order valence-electron chi connectivity index (χ4n) is 2.52. The van der Waals surface area contributed by atoms with Crippen LogP contribution in [0.25, 0.3) is 10.9 Å². The van der Waals surface area contributed by atoms with Gasteiger partial charge in [0.05, 0.1) is 11.1 Å². The van der Waals surface area contributed by atoms with Crippen LogP contribution in [0.4, 0.5) is 0 Å². The highest BCUT2D eigenvalue weighted by Gasteiger charge is 2.15. The zero-order chi connectivity index (χ0) is 13.8. The monoisotopic (exact) mass is 260 g/mol. The Morgan fingerprint density at radius 2 is 2.21 bits per heavy atom. The summed E-state index contributed by atoms with van der Waals surface area (Å²) in [7, 11) is 0. The normalized spacial score (nSPS) is 11.1. The molecule has 19 heavy (non-hydrogen) atoms. The summed E-state index contributed by atoms with van der Waals surface area (Å²) in [5, 5.41) is 10.4. The summed E-state index contributed by atoms with van der Waals surface area (Å²) in [4.78, 5) is 11.4. The van der Waals surface area contributed by atoms with Crippen LogP contribution >= 0.6 is 0 Å². The van der Waals surface area contributed by atoms with Crippen molar-refractivity contribution in [2.75, 3.05) is 6.54 Å². The van der Waals surface area contributed by atoms with Crippen LogP contribution in [-0.4, -0.2) is 22.2 Å². The third-order valence-corrected chi connectivity index (χ3v) is 3.33. The van der Waals surface area contributed by atoms with E-state index in [-0.39, 0.29) is 0 Å². The molecule has 1 heterocycles. The van der Waals surface area contributed by atoms with Crippen molar-refractivity contribution in [1.29, 1.82) is 0 Å². The molecule has 0 fully saturated rings. The number of aromatic carboxylic acids is 1. The summed E-state index contributed by atoms with van der Waals surface area (Å²) < 4.78 is 2.06. The van der Waals surface area contributed by atoms with Crippen molar-refractivity contribution in [3.63, 3.8) is 0 Å². The molecular formula is C15H20N2O2. The molecule has 0 saturated heterocycles. The van der Waals surface area contributed by atoms with Gasteiger partial charge in [0.1, 0.15) is 0 Å². The Morgan fingerprint density at radius 3 is 2.84 bits per heavy atom. The van der Waals surface area contributed by atoms with Gasteiger partial charge < -0.3 is 15.4 Å². The van der Waals surface area contributed by atoms with Crippen molar-refractivity contribution in [3.05, 3.63) is 35.5 Å². The Bertz CT molecular complexity index is 587. The number of benzene rings is 1. The quantitative estimate of drug-likeness (QED) is 0.839. The Hall–Kier alpha value is -1.81. The van der Waals surface area contributed by atoms with Gasteiger partial charge in [-0.25, -0.2) is 4.79 Å². The van der Waals surface area contributed by atoms with E-state index in [9.17, 15) is 9.90 Å². The fourth-order valence-corrected chi connectivity index (χ4v) is 2.52. The van der Waals surface area contributed by atoms with Gasteiger partial charge >= 0.3 is 5.97 Å². The van der Waals surface area contributed by atoms with E-state index in [1.807, 2.05) is 12.1 Å². The van der Waals surface area contributed by atoms with Gasteiger partial charge in [-0.15, -0.1) is 0 Å². The second-order valence-corrected chi connectivity index (χ2v) is 4.75. The van der Waals surface area contributed by atoms with Crippen LogP contribution in [0, 0.1) is 0 Å². The smallest absolute Gasteiger partial charge is 0.337 e. The minimum atomic E-state index is -0.869. The zero-order valence-electron chi connectivity index (χ0n) is 11.2. The predicted molar refractivity (Wildman–Crippen MR) is 76.6 cm³/mol. The summed E-state index contributed by atoms with van der Waals surface area (Å²) in [5.41, 5.74) is 7.97. The summed E-state index contributed by atoms with van der Waals surface area (Å²) >= 11 is 0. The number of hydrogen-bond acceptors (Lipinski definition) is 2. The number of aryl methyl sites for hydroxylation is 2. The van der Waals surface area contributed by atoms with Crippen molar-refractivity contribution in [3.8, 4) is 0 Å². The number of nitrogens with zero attached hydrogens (tertiary/aromatic N) is 1. The van der Waals surface area contributed by atoms with Gasteiger partial charge in [-0.3, -0.25) is 0 Å². The highest BCUT2D eigenvalue weighted by atomic mass is 16.4. The first-order valence-electron chi connectivity index (χ1n) is 6.73. The lowest BCUT2D eigenvalue weighted by Gasteiger charge is -2.05. The van der Waals surface area contributed by atoms with E-state index in [1.54, 1.807) is 6.07 Å². The molecule has 1 aromatic heterocycles. The second kappa shape index (κ2) is 5.89. The number of aromatic nitrogens is 1. The third-order valence-electron chi connectivity index (χ3n) is 3.33. The topological polar surface area (TPSA) is 68.2 Å². The van der Waals surface area contributed by atoms with Gasteiger partial charge in [0.25, 0.3) is 0 Å². The SMILES string of the molecule is CCCn1cc(CCCN)c2cccc(C(=O)O)c21. The van der Waals surface area contributed by atoms with Crippen molar-refractivity contribution >= 4 is 16.9 Å². The van der Waals surface area contributed by atoms with Crippen LogP contribution in [-0.2, 0) is 13.0 Å². The number of hydrogen-bond donors (Lipinski definition) is 2. The molecule has 4 nitrogen and oxygen atoms in total.